The predicted molar refractivity (Wildman–Crippen MR) is 57.5 cm³/mol. The van der Waals surface area contributed by atoms with Crippen LogP contribution in [0.5, 0.6) is 0 Å². The van der Waals surface area contributed by atoms with Crippen molar-refractivity contribution in [2.75, 3.05) is 18.5 Å². The molecular weight excluding hydrogens is 178 g/mol. The lowest BCUT2D eigenvalue weighted by molar-refractivity contribution is 0.204. The Hall–Kier alpha value is -1.06. The molecule has 0 radical (unpaired) electrons. The van der Waals surface area contributed by atoms with E-state index in [9.17, 15) is 0 Å². The van der Waals surface area contributed by atoms with E-state index in [0.29, 0.717) is 0 Å². The number of aryl methyl sites for hydroxylation is 2. The van der Waals surface area contributed by atoms with Crippen LogP contribution in [0, 0.1) is 13.8 Å². The Morgan fingerprint density at radius 1 is 1.14 bits per heavy atom. The second-order valence-electron chi connectivity index (χ2n) is 3.47. The van der Waals surface area contributed by atoms with Crippen LogP contribution >= 0.6 is 0 Å². The lowest BCUT2D eigenvalue weighted by atomic mass is 10.1. The molecule has 0 aliphatic carbocycles. The van der Waals surface area contributed by atoms with Gasteiger partial charge in [0.2, 0.25) is 0 Å². The minimum absolute atomic E-state index is 0.0652. The molecule has 0 unspecified atom stereocenters. The number of rotatable bonds is 4. The maximum Gasteiger partial charge on any atom is 0.0723 e. The number of hydrogen-bond donors (Lipinski definition) is 3. The molecule has 1 rings (SSSR count). The molecule has 0 amide bonds. The van der Waals surface area contributed by atoms with Crippen molar-refractivity contribution in [3.8, 4) is 0 Å². The SMILES string of the molecule is Cc1cccc(C)c1NC(CO)CO. The standard InChI is InChI=1S/C11H17NO2/c1-8-4-3-5-9(2)11(8)12-10(6-13)7-14/h3-5,10,12-14H,6-7H2,1-2H3. The zero-order valence-corrected chi connectivity index (χ0v) is 8.62. The van der Waals surface area contributed by atoms with Gasteiger partial charge in [-0.2, -0.15) is 0 Å². The van der Waals surface area contributed by atoms with Crippen LogP contribution in [0.2, 0.25) is 0 Å². The third-order valence-corrected chi connectivity index (χ3v) is 2.27. The smallest absolute Gasteiger partial charge is 0.0723 e. The Bertz CT molecular complexity index is 275. The molecule has 3 heteroatoms. The van der Waals surface area contributed by atoms with Crippen molar-refractivity contribution in [2.24, 2.45) is 0 Å². The van der Waals surface area contributed by atoms with Crippen LogP contribution in [0.15, 0.2) is 18.2 Å². The molecule has 0 aliphatic heterocycles. The Balaban J connectivity index is 2.84. The zero-order valence-electron chi connectivity index (χ0n) is 8.62. The molecule has 0 atom stereocenters. The van der Waals surface area contributed by atoms with Gasteiger partial charge in [-0.3, -0.25) is 0 Å². The molecule has 0 aliphatic rings. The largest absolute Gasteiger partial charge is 0.394 e. The van der Waals surface area contributed by atoms with E-state index in [4.69, 9.17) is 10.2 Å². The third-order valence-electron chi connectivity index (χ3n) is 2.27. The van der Waals surface area contributed by atoms with Crippen LogP contribution in [0.1, 0.15) is 11.1 Å². The van der Waals surface area contributed by atoms with Crippen molar-refractivity contribution < 1.29 is 10.2 Å². The lowest BCUT2D eigenvalue weighted by Gasteiger charge is -2.18. The zero-order chi connectivity index (χ0) is 10.6. The van der Waals surface area contributed by atoms with Crippen LogP contribution in [-0.2, 0) is 0 Å². The van der Waals surface area contributed by atoms with Crippen molar-refractivity contribution in [2.45, 2.75) is 19.9 Å². The molecule has 14 heavy (non-hydrogen) atoms. The highest BCUT2D eigenvalue weighted by Crippen LogP contribution is 2.19. The Morgan fingerprint density at radius 3 is 2.07 bits per heavy atom. The van der Waals surface area contributed by atoms with Gasteiger partial charge in [-0.15, -0.1) is 0 Å². The number of para-hydroxylation sites is 1. The van der Waals surface area contributed by atoms with Gasteiger partial charge in [-0.1, -0.05) is 18.2 Å². The van der Waals surface area contributed by atoms with Crippen molar-refractivity contribution in [1.82, 2.24) is 0 Å². The van der Waals surface area contributed by atoms with E-state index in [1.807, 2.05) is 32.0 Å². The average Bonchev–Trinajstić information content (AvgIpc) is 2.18. The normalized spacial score (nSPS) is 10.6. The van der Waals surface area contributed by atoms with E-state index in [1.54, 1.807) is 0 Å². The first kappa shape index (κ1) is 11.0. The van der Waals surface area contributed by atoms with E-state index in [2.05, 4.69) is 5.32 Å². The predicted octanol–water partition coefficient (Wildman–Crippen LogP) is 1.07. The molecule has 78 valence electrons. The summed E-state index contributed by atoms with van der Waals surface area (Å²) in [7, 11) is 0. The van der Waals surface area contributed by atoms with Gasteiger partial charge in [0.15, 0.2) is 0 Å². The topological polar surface area (TPSA) is 52.5 Å². The molecule has 1 aromatic carbocycles. The third kappa shape index (κ3) is 2.47. The van der Waals surface area contributed by atoms with Crippen molar-refractivity contribution in [3.63, 3.8) is 0 Å². The van der Waals surface area contributed by atoms with Gasteiger partial charge in [0.1, 0.15) is 0 Å². The molecule has 3 N–H and O–H groups in total. The highest BCUT2D eigenvalue weighted by atomic mass is 16.3. The first-order valence-electron chi connectivity index (χ1n) is 4.73. The summed E-state index contributed by atoms with van der Waals surface area (Å²) in [5, 5.41) is 21.0. The molecule has 0 spiro atoms. The number of benzene rings is 1. The number of anilines is 1. The van der Waals surface area contributed by atoms with Gasteiger partial charge in [-0.05, 0) is 25.0 Å². The first-order chi connectivity index (χ1) is 6.69. The molecule has 0 saturated carbocycles. The van der Waals surface area contributed by atoms with Crippen molar-refractivity contribution >= 4 is 5.69 Å². The number of aliphatic hydroxyl groups excluding tert-OH is 2. The highest BCUT2D eigenvalue weighted by molar-refractivity contribution is 5.57. The molecule has 0 aromatic heterocycles. The molecule has 0 saturated heterocycles. The highest BCUT2D eigenvalue weighted by Gasteiger charge is 2.08. The minimum Gasteiger partial charge on any atom is -0.394 e. The Labute approximate surface area is 84.4 Å². The molecule has 0 fully saturated rings. The number of nitrogens with one attached hydrogen (secondary N) is 1. The van der Waals surface area contributed by atoms with E-state index < -0.39 is 0 Å². The lowest BCUT2D eigenvalue weighted by Crippen LogP contribution is -2.28. The van der Waals surface area contributed by atoms with E-state index in [1.165, 1.54) is 0 Å². The van der Waals surface area contributed by atoms with Crippen LogP contribution in [0.3, 0.4) is 0 Å². The number of hydrogen-bond acceptors (Lipinski definition) is 3. The fourth-order valence-corrected chi connectivity index (χ4v) is 1.40. The van der Waals surface area contributed by atoms with Crippen molar-refractivity contribution in [1.29, 1.82) is 0 Å². The summed E-state index contributed by atoms with van der Waals surface area (Å²) >= 11 is 0. The summed E-state index contributed by atoms with van der Waals surface area (Å²) in [6.45, 7) is 3.87. The molecule has 1 aromatic rings. The summed E-state index contributed by atoms with van der Waals surface area (Å²) in [5.41, 5.74) is 3.24. The Morgan fingerprint density at radius 2 is 1.64 bits per heavy atom. The summed E-state index contributed by atoms with van der Waals surface area (Å²) in [6.07, 6.45) is 0. The molecule has 0 bridgehead atoms. The minimum atomic E-state index is -0.283. The van der Waals surface area contributed by atoms with Crippen LogP contribution in [0.4, 0.5) is 5.69 Å². The average molecular weight is 195 g/mol. The van der Waals surface area contributed by atoms with Crippen LogP contribution in [0.25, 0.3) is 0 Å². The summed E-state index contributed by atoms with van der Waals surface area (Å²) in [5.74, 6) is 0. The van der Waals surface area contributed by atoms with E-state index in [0.717, 1.165) is 16.8 Å². The Kier molecular flexibility index (Phi) is 3.92. The van der Waals surface area contributed by atoms with E-state index in [-0.39, 0.29) is 19.3 Å². The van der Waals surface area contributed by atoms with Crippen LogP contribution < -0.4 is 5.32 Å². The summed E-state index contributed by atoms with van der Waals surface area (Å²) < 4.78 is 0. The van der Waals surface area contributed by atoms with Crippen LogP contribution in [-0.4, -0.2) is 29.5 Å². The first-order valence-corrected chi connectivity index (χ1v) is 4.73. The van der Waals surface area contributed by atoms with Gasteiger partial charge in [0.05, 0.1) is 19.3 Å². The van der Waals surface area contributed by atoms with Gasteiger partial charge < -0.3 is 15.5 Å². The monoisotopic (exact) mass is 195 g/mol. The fourth-order valence-electron chi connectivity index (χ4n) is 1.40. The van der Waals surface area contributed by atoms with Gasteiger partial charge in [-0.25, -0.2) is 0 Å². The second-order valence-corrected chi connectivity index (χ2v) is 3.47. The van der Waals surface area contributed by atoms with Gasteiger partial charge in [0, 0.05) is 5.69 Å². The quantitative estimate of drug-likeness (QED) is 0.673. The molecule has 0 heterocycles. The maximum atomic E-state index is 8.95. The van der Waals surface area contributed by atoms with Crippen molar-refractivity contribution in [3.05, 3.63) is 29.3 Å². The summed E-state index contributed by atoms with van der Waals surface area (Å²) in [6, 6.07) is 5.71. The number of aliphatic hydroxyl groups is 2. The van der Waals surface area contributed by atoms with Gasteiger partial charge in [0.25, 0.3) is 0 Å². The van der Waals surface area contributed by atoms with E-state index >= 15 is 0 Å². The maximum absolute atomic E-state index is 8.95. The molecular formula is C11H17NO2. The second kappa shape index (κ2) is 4.98. The molecule has 3 nitrogen and oxygen atoms in total. The summed E-state index contributed by atoms with van der Waals surface area (Å²) in [4.78, 5) is 0. The van der Waals surface area contributed by atoms with Gasteiger partial charge >= 0.3 is 0 Å². The fraction of sp³-hybridized carbons (Fsp3) is 0.455.